The van der Waals surface area contributed by atoms with Crippen molar-refractivity contribution < 1.29 is 21.5 Å². The highest BCUT2D eigenvalue weighted by molar-refractivity contribution is 4.79. The van der Waals surface area contributed by atoms with Gasteiger partial charge in [0.2, 0.25) is 0 Å². The van der Waals surface area contributed by atoms with Gasteiger partial charge in [0.25, 0.3) is 5.82 Å². The Morgan fingerprint density at radius 2 is 1.87 bits per heavy atom. The van der Waals surface area contributed by atoms with Gasteiger partial charge >= 0.3 is 0 Å². The average Bonchev–Trinajstić information content (AvgIpc) is 2.54. The van der Waals surface area contributed by atoms with E-state index in [-0.39, 0.29) is 17.0 Å². The first-order chi connectivity index (χ1) is 6.79. The van der Waals surface area contributed by atoms with Crippen molar-refractivity contribution in [1.29, 1.82) is 0 Å². The first-order valence-electron chi connectivity index (χ1n) is 5.84. The molecular formula is C12H23BrN2. The molecule has 0 radical (unpaired) electrons. The van der Waals surface area contributed by atoms with Crippen molar-refractivity contribution in [3.8, 4) is 0 Å². The molecule has 2 nitrogen and oxygen atoms in total. The Balaban J connectivity index is 0.00000196. The van der Waals surface area contributed by atoms with Crippen LogP contribution in [0.5, 0.6) is 0 Å². The van der Waals surface area contributed by atoms with Crippen molar-refractivity contribution in [2.24, 2.45) is 0 Å². The van der Waals surface area contributed by atoms with Crippen LogP contribution in [0.15, 0.2) is 12.4 Å². The third-order valence-corrected chi connectivity index (χ3v) is 2.76. The maximum Gasteiger partial charge on any atom is 0.253 e. The van der Waals surface area contributed by atoms with E-state index in [2.05, 4.69) is 42.3 Å². The molecule has 0 saturated carbocycles. The van der Waals surface area contributed by atoms with E-state index in [1.165, 1.54) is 44.6 Å². The zero-order valence-electron chi connectivity index (χ0n) is 10.2. The third kappa shape index (κ3) is 4.37. The van der Waals surface area contributed by atoms with Gasteiger partial charge in [0.05, 0.1) is 13.1 Å². The van der Waals surface area contributed by atoms with Crippen molar-refractivity contribution in [2.75, 3.05) is 0 Å². The van der Waals surface area contributed by atoms with Crippen LogP contribution in [-0.2, 0) is 13.1 Å². The number of hydrogen-bond acceptors (Lipinski definition) is 0. The molecule has 0 aliphatic carbocycles. The van der Waals surface area contributed by atoms with Crippen LogP contribution >= 0.6 is 0 Å². The van der Waals surface area contributed by atoms with Gasteiger partial charge in [-0.3, -0.25) is 0 Å². The quantitative estimate of drug-likeness (QED) is 0.630. The van der Waals surface area contributed by atoms with E-state index in [1.54, 1.807) is 0 Å². The molecule has 0 aliphatic rings. The van der Waals surface area contributed by atoms with Crippen molar-refractivity contribution in [1.82, 2.24) is 4.57 Å². The van der Waals surface area contributed by atoms with Crippen molar-refractivity contribution in [2.45, 2.75) is 59.5 Å². The fraction of sp³-hybridized carbons (Fsp3) is 0.750. The summed E-state index contributed by atoms with van der Waals surface area (Å²) in [4.78, 5) is 0. The summed E-state index contributed by atoms with van der Waals surface area (Å²) in [6, 6.07) is 0. The first kappa shape index (κ1) is 14.7. The lowest BCUT2D eigenvalue weighted by atomic mass is 10.3. The Bertz CT molecular complexity index is 243. The van der Waals surface area contributed by atoms with Gasteiger partial charge in [-0.2, -0.15) is 0 Å². The summed E-state index contributed by atoms with van der Waals surface area (Å²) in [6.07, 6.45) is 9.52. The van der Waals surface area contributed by atoms with E-state index >= 15 is 0 Å². The Labute approximate surface area is 104 Å². The lowest BCUT2D eigenvalue weighted by Gasteiger charge is -1.99. The van der Waals surface area contributed by atoms with Crippen LogP contribution in [0.3, 0.4) is 0 Å². The lowest BCUT2D eigenvalue weighted by molar-refractivity contribution is -0.702. The third-order valence-electron chi connectivity index (χ3n) is 2.76. The molecule has 3 heteroatoms. The van der Waals surface area contributed by atoms with Gasteiger partial charge in [-0.15, -0.1) is 0 Å². The van der Waals surface area contributed by atoms with Crippen LogP contribution < -0.4 is 21.5 Å². The molecule has 0 bridgehead atoms. The predicted molar refractivity (Wildman–Crippen MR) is 59.2 cm³/mol. The maximum atomic E-state index is 2.36. The molecule has 15 heavy (non-hydrogen) atoms. The summed E-state index contributed by atoms with van der Waals surface area (Å²) >= 11 is 0. The zero-order valence-corrected chi connectivity index (χ0v) is 11.8. The molecule has 0 aromatic carbocycles. The standard InChI is InChI=1S/C12H23N2.BrH/c1-4-6-8-13-10-11-14(12(13)3)9-7-5-2;/h10-11H,4-9H2,1-3H3;1H/q+1;/p-1. The highest BCUT2D eigenvalue weighted by atomic mass is 79.9. The SMILES string of the molecule is CCCCn1cc[n+](CCCC)c1C.[Br-]. The van der Waals surface area contributed by atoms with Crippen LogP contribution in [0.25, 0.3) is 0 Å². The first-order valence-corrected chi connectivity index (χ1v) is 5.84. The van der Waals surface area contributed by atoms with Gasteiger partial charge in [0, 0.05) is 6.92 Å². The van der Waals surface area contributed by atoms with Crippen LogP contribution in [0, 0.1) is 6.92 Å². The number of nitrogens with zero attached hydrogens (tertiary/aromatic N) is 2. The largest absolute Gasteiger partial charge is 1.00 e. The van der Waals surface area contributed by atoms with Crippen LogP contribution in [-0.4, -0.2) is 4.57 Å². The molecule has 1 aromatic heterocycles. The highest BCUT2D eigenvalue weighted by Crippen LogP contribution is 1.99. The Morgan fingerprint density at radius 3 is 2.47 bits per heavy atom. The Kier molecular flexibility index (Phi) is 7.75. The number of halogens is 1. The number of hydrogen-bond donors (Lipinski definition) is 0. The Hall–Kier alpha value is -0.310. The summed E-state index contributed by atoms with van der Waals surface area (Å²) in [7, 11) is 0. The van der Waals surface area contributed by atoms with Gasteiger partial charge < -0.3 is 17.0 Å². The van der Waals surface area contributed by atoms with E-state index < -0.39 is 0 Å². The number of rotatable bonds is 6. The summed E-state index contributed by atoms with van der Waals surface area (Å²) in [5.41, 5.74) is 0. The Morgan fingerprint density at radius 1 is 1.20 bits per heavy atom. The molecule has 0 saturated heterocycles. The number of unbranched alkanes of at least 4 members (excludes halogenated alkanes) is 2. The van der Waals surface area contributed by atoms with Gasteiger partial charge in [0.1, 0.15) is 12.4 Å². The molecule has 1 heterocycles. The van der Waals surface area contributed by atoms with E-state index in [4.69, 9.17) is 0 Å². The molecule has 0 spiro atoms. The fourth-order valence-corrected chi connectivity index (χ4v) is 1.67. The molecular weight excluding hydrogens is 252 g/mol. The molecule has 0 unspecified atom stereocenters. The maximum absolute atomic E-state index is 2.36. The van der Waals surface area contributed by atoms with Crippen molar-refractivity contribution >= 4 is 0 Å². The van der Waals surface area contributed by atoms with Gasteiger partial charge in [-0.1, -0.05) is 26.7 Å². The molecule has 88 valence electrons. The lowest BCUT2D eigenvalue weighted by Crippen LogP contribution is -3.00. The molecule has 0 fully saturated rings. The normalized spacial score (nSPS) is 10.1. The fourth-order valence-electron chi connectivity index (χ4n) is 1.67. The number of aromatic nitrogens is 2. The minimum atomic E-state index is 0. The minimum absolute atomic E-state index is 0. The van der Waals surface area contributed by atoms with Crippen molar-refractivity contribution in [3.63, 3.8) is 0 Å². The number of aryl methyl sites for hydroxylation is 2. The van der Waals surface area contributed by atoms with Crippen LogP contribution in [0.1, 0.15) is 45.4 Å². The predicted octanol–water partition coefficient (Wildman–Crippen LogP) is -0.312. The second kappa shape index (κ2) is 7.91. The van der Waals surface area contributed by atoms with Crippen LogP contribution in [0.4, 0.5) is 0 Å². The molecule has 1 aromatic rings. The number of imidazole rings is 1. The average molecular weight is 275 g/mol. The second-order valence-corrected chi connectivity index (χ2v) is 3.94. The summed E-state index contributed by atoms with van der Waals surface area (Å²) < 4.78 is 4.72. The zero-order chi connectivity index (χ0) is 10.4. The van der Waals surface area contributed by atoms with E-state index in [0.29, 0.717) is 0 Å². The highest BCUT2D eigenvalue weighted by Gasteiger charge is 2.10. The van der Waals surface area contributed by atoms with Gasteiger partial charge in [0.15, 0.2) is 0 Å². The monoisotopic (exact) mass is 274 g/mol. The van der Waals surface area contributed by atoms with Gasteiger partial charge in [-0.25, -0.2) is 9.13 Å². The summed E-state index contributed by atoms with van der Waals surface area (Å²) in [5.74, 6) is 1.40. The van der Waals surface area contributed by atoms with Gasteiger partial charge in [-0.05, 0) is 12.8 Å². The van der Waals surface area contributed by atoms with Crippen molar-refractivity contribution in [3.05, 3.63) is 18.2 Å². The molecule has 0 atom stereocenters. The minimum Gasteiger partial charge on any atom is -1.00 e. The molecule has 1 rings (SSSR count). The molecule has 0 N–H and O–H groups in total. The second-order valence-electron chi connectivity index (χ2n) is 3.94. The van der Waals surface area contributed by atoms with E-state index in [1.807, 2.05) is 0 Å². The summed E-state index contributed by atoms with van der Waals surface area (Å²) in [5, 5.41) is 0. The molecule has 0 aliphatic heterocycles. The van der Waals surface area contributed by atoms with Crippen LogP contribution in [0.2, 0.25) is 0 Å². The van der Waals surface area contributed by atoms with E-state index in [9.17, 15) is 0 Å². The topological polar surface area (TPSA) is 8.81 Å². The summed E-state index contributed by atoms with van der Waals surface area (Å²) in [6.45, 7) is 9.03. The smallest absolute Gasteiger partial charge is 0.253 e. The van der Waals surface area contributed by atoms with E-state index in [0.717, 1.165) is 0 Å². The molecule has 0 amide bonds.